The average Bonchev–Trinajstić information content (AvgIpc) is 3.14. The van der Waals surface area contributed by atoms with Gasteiger partial charge in [-0.2, -0.15) is 0 Å². The fourth-order valence-corrected chi connectivity index (χ4v) is 4.51. The molecule has 0 saturated heterocycles. The van der Waals surface area contributed by atoms with Crippen molar-refractivity contribution in [2.45, 2.75) is 24.9 Å². The summed E-state index contributed by atoms with van der Waals surface area (Å²) in [4.78, 5) is 4.80. The van der Waals surface area contributed by atoms with Crippen LogP contribution in [0.15, 0.2) is 41.8 Å². The predicted molar refractivity (Wildman–Crippen MR) is 104 cm³/mol. The zero-order valence-corrected chi connectivity index (χ0v) is 15.9. The Morgan fingerprint density at radius 2 is 1.61 bits per heavy atom. The zero-order chi connectivity index (χ0) is 18.6. The fraction of sp³-hybridized carbons (Fsp3) is 0.286. The molecule has 1 N–H and O–H groups in total. The molecule has 0 bridgehead atoms. The van der Waals surface area contributed by atoms with Gasteiger partial charge in [0.1, 0.15) is 5.01 Å². The van der Waals surface area contributed by atoms with Gasteiger partial charge in [0.2, 0.25) is 13.6 Å². The van der Waals surface area contributed by atoms with E-state index in [1.807, 2.05) is 24.3 Å². The molecule has 2 aliphatic heterocycles. The molecule has 1 saturated carbocycles. The van der Waals surface area contributed by atoms with E-state index < -0.39 is 0 Å². The number of nitrogens with zero attached hydrogens (tertiary/aromatic N) is 1. The van der Waals surface area contributed by atoms with Crippen LogP contribution in [-0.4, -0.2) is 18.6 Å². The summed E-state index contributed by atoms with van der Waals surface area (Å²) in [5.74, 6) is 3.24. The Morgan fingerprint density at radius 3 is 2.39 bits per heavy atom. The third-order valence-electron chi connectivity index (χ3n) is 5.45. The maximum absolute atomic E-state index is 5.53. The van der Waals surface area contributed by atoms with Gasteiger partial charge in [0.05, 0.1) is 5.69 Å². The topological polar surface area (TPSA) is 61.8 Å². The van der Waals surface area contributed by atoms with Crippen molar-refractivity contribution in [3.63, 3.8) is 0 Å². The lowest BCUT2D eigenvalue weighted by molar-refractivity contribution is 0.173. The lowest BCUT2D eigenvalue weighted by Crippen LogP contribution is -2.28. The number of hydrogen-bond donors (Lipinski definition) is 1. The third-order valence-corrected chi connectivity index (χ3v) is 6.39. The number of nitrogens with one attached hydrogen (secondary N) is 1. The van der Waals surface area contributed by atoms with Crippen LogP contribution in [0.2, 0.25) is 0 Å². The van der Waals surface area contributed by atoms with Crippen molar-refractivity contribution in [3.05, 3.63) is 53.0 Å². The van der Waals surface area contributed by atoms with Gasteiger partial charge in [-0.1, -0.05) is 6.07 Å². The molecule has 2 aromatic carbocycles. The molecule has 0 amide bonds. The van der Waals surface area contributed by atoms with Crippen LogP contribution >= 0.6 is 11.3 Å². The van der Waals surface area contributed by atoms with Gasteiger partial charge in [-0.25, -0.2) is 4.98 Å². The molecule has 3 aromatic rings. The molecule has 0 radical (unpaired) electrons. The van der Waals surface area contributed by atoms with Crippen molar-refractivity contribution < 1.29 is 18.9 Å². The summed E-state index contributed by atoms with van der Waals surface area (Å²) in [7, 11) is 0. The fourth-order valence-electron chi connectivity index (χ4n) is 3.70. The highest BCUT2D eigenvalue weighted by molar-refractivity contribution is 7.13. The van der Waals surface area contributed by atoms with E-state index in [2.05, 4.69) is 22.8 Å². The van der Waals surface area contributed by atoms with E-state index in [1.54, 1.807) is 11.3 Å². The Kier molecular flexibility index (Phi) is 3.54. The maximum Gasteiger partial charge on any atom is 0.231 e. The summed E-state index contributed by atoms with van der Waals surface area (Å²) in [6, 6.07) is 12.2. The molecule has 28 heavy (non-hydrogen) atoms. The molecular weight excluding hydrogens is 376 g/mol. The Labute approximate surface area is 166 Å². The van der Waals surface area contributed by atoms with E-state index in [1.165, 1.54) is 5.56 Å². The molecule has 7 heteroatoms. The van der Waals surface area contributed by atoms with E-state index in [4.69, 9.17) is 23.9 Å². The normalized spacial score (nSPS) is 17.7. The van der Waals surface area contributed by atoms with Gasteiger partial charge in [0.15, 0.2) is 23.0 Å². The van der Waals surface area contributed by atoms with Crippen LogP contribution in [0.5, 0.6) is 23.0 Å². The van der Waals surface area contributed by atoms with Crippen molar-refractivity contribution in [2.24, 2.45) is 0 Å². The Hall–Kier alpha value is -2.77. The van der Waals surface area contributed by atoms with Crippen LogP contribution in [0.4, 0.5) is 0 Å². The molecule has 1 fully saturated rings. The molecule has 0 atom stereocenters. The summed E-state index contributed by atoms with van der Waals surface area (Å²) in [6.07, 6.45) is 2.23. The zero-order valence-electron chi connectivity index (χ0n) is 15.1. The van der Waals surface area contributed by atoms with Crippen LogP contribution < -0.4 is 24.3 Å². The summed E-state index contributed by atoms with van der Waals surface area (Å²) in [5, 5.41) is 6.81. The van der Waals surface area contributed by atoms with Gasteiger partial charge >= 0.3 is 0 Å². The first-order valence-corrected chi connectivity index (χ1v) is 10.2. The monoisotopic (exact) mass is 394 g/mol. The van der Waals surface area contributed by atoms with E-state index >= 15 is 0 Å². The molecule has 0 unspecified atom stereocenters. The second-order valence-electron chi connectivity index (χ2n) is 7.22. The van der Waals surface area contributed by atoms with Gasteiger partial charge < -0.3 is 24.3 Å². The number of thiazole rings is 1. The quantitative estimate of drug-likeness (QED) is 0.705. The number of benzene rings is 2. The molecule has 3 heterocycles. The third kappa shape index (κ3) is 2.70. The number of fused-ring (bicyclic) bond motifs is 2. The minimum Gasteiger partial charge on any atom is -0.454 e. The number of hydrogen-bond acceptors (Lipinski definition) is 7. The Morgan fingerprint density at radius 1 is 0.893 bits per heavy atom. The molecule has 142 valence electrons. The van der Waals surface area contributed by atoms with Gasteiger partial charge in [-0.05, 0) is 48.7 Å². The Bertz CT molecular complexity index is 1060. The largest absolute Gasteiger partial charge is 0.454 e. The van der Waals surface area contributed by atoms with Crippen LogP contribution in [0, 0.1) is 0 Å². The van der Waals surface area contributed by atoms with Gasteiger partial charge in [0.25, 0.3) is 0 Å². The molecule has 6 nitrogen and oxygen atoms in total. The van der Waals surface area contributed by atoms with Crippen LogP contribution in [0.25, 0.3) is 10.6 Å². The first kappa shape index (κ1) is 16.2. The first-order valence-electron chi connectivity index (χ1n) is 9.29. The van der Waals surface area contributed by atoms with Crippen LogP contribution in [0.1, 0.15) is 24.1 Å². The summed E-state index contributed by atoms with van der Waals surface area (Å²) in [5.41, 5.74) is 3.37. The average molecular weight is 394 g/mol. The predicted octanol–water partition coefficient (Wildman–Crippen LogP) is 4.05. The SMILES string of the molecule is c1cc2c(cc1-c1nc(CNC3(c4ccc5c(c4)OCO5)CC3)cs1)OCO2. The summed E-state index contributed by atoms with van der Waals surface area (Å²) < 4.78 is 21.8. The minimum atomic E-state index is 0.0174. The summed E-state index contributed by atoms with van der Waals surface area (Å²) >= 11 is 1.65. The molecule has 1 aromatic heterocycles. The number of ether oxygens (including phenoxy) is 4. The van der Waals surface area contributed by atoms with E-state index in [-0.39, 0.29) is 12.3 Å². The first-order chi connectivity index (χ1) is 13.8. The molecule has 1 aliphatic carbocycles. The molecule has 6 rings (SSSR count). The molecule has 0 spiro atoms. The second-order valence-corrected chi connectivity index (χ2v) is 8.07. The molecular formula is C21H18N2O4S. The van der Waals surface area contributed by atoms with Crippen molar-refractivity contribution in [3.8, 4) is 33.6 Å². The van der Waals surface area contributed by atoms with Gasteiger partial charge in [-0.15, -0.1) is 11.3 Å². The highest BCUT2D eigenvalue weighted by Crippen LogP contribution is 2.48. The highest BCUT2D eigenvalue weighted by atomic mass is 32.1. The number of aromatic nitrogens is 1. The Balaban J connectivity index is 1.18. The van der Waals surface area contributed by atoms with Gasteiger partial charge in [-0.3, -0.25) is 0 Å². The van der Waals surface area contributed by atoms with E-state index in [0.29, 0.717) is 6.79 Å². The van der Waals surface area contributed by atoms with Crippen LogP contribution in [0.3, 0.4) is 0 Å². The van der Waals surface area contributed by atoms with Crippen molar-refractivity contribution in [1.29, 1.82) is 0 Å². The highest BCUT2D eigenvalue weighted by Gasteiger charge is 2.44. The van der Waals surface area contributed by atoms with E-state index in [0.717, 1.165) is 58.6 Å². The number of rotatable bonds is 5. The smallest absolute Gasteiger partial charge is 0.231 e. The minimum absolute atomic E-state index is 0.0174. The molecule has 3 aliphatic rings. The van der Waals surface area contributed by atoms with Crippen LogP contribution in [-0.2, 0) is 12.1 Å². The lowest BCUT2D eigenvalue weighted by atomic mass is 10.0. The maximum atomic E-state index is 5.53. The van der Waals surface area contributed by atoms with E-state index in [9.17, 15) is 0 Å². The van der Waals surface area contributed by atoms with Crippen molar-refractivity contribution >= 4 is 11.3 Å². The summed E-state index contributed by atoms with van der Waals surface area (Å²) in [6.45, 7) is 1.32. The van der Waals surface area contributed by atoms with Crippen molar-refractivity contribution in [1.82, 2.24) is 10.3 Å². The standard InChI is InChI=1S/C21H18N2O4S/c1-3-16-18(26-11-24-16)7-13(1)20-23-15(10-28-20)9-22-21(5-6-21)14-2-4-17-19(8-14)27-12-25-17/h1-4,7-8,10,22H,5-6,9,11-12H2. The lowest BCUT2D eigenvalue weighted by Gasteiger charge is -2.17. The van der Waals surface area contributed by atoms with Gasteiger partial charge in [0, 0.05) is 23.0 Å². The van der Waals surface area contributed by atoms with Crippen molar-refractivity contribution in [2.75, 3.05) is 13.6 Å². The second kappa shape index (κ2) is 6.12.